The van der Waals surface area contributed by atoms with E-state index in [1.807, 2.05) is 18.2 Å². The highest BCUT2D eigenvalue weighted by Crippen LogP contribution is 2.33. The van der Waals surface area contributed by atoms with Gasteiger partial charge in [-0.25, -0.2) is 9.97 Å². The van der Waals surface area contributed by atoms with Crippen molar-refractivity contribution >= 4 is 16.7 Å². The van der Waals surface area contributed by atoms with Crippen molar-refractivity contribution in [3.05, 3.63) is 61.1 Å². The molecule has 1 atom stereocenters. The highest BCUT2D eigenvalue weighted by atomic mass is 16.5. The molecule has 4 aromatic rings. The van der Waals surface area contributed by atoms with Gasteiger partial charge in [-0.05, 0) is 43.9 Å². The van der Waals surface area contributed by atoms with Crippen LogP contribution in [0.25, 0.3) is 16.9 Å². The Hall–Kier alpha value is -3.67. The fraction of sp³-hybridized carbons (Fsp3) is 0.423. The third-order valence-corrected chi connectivity index (χ3v) is 6.98. The number of hydrogen-bond donors (Lipinski definition) is 2. The standard InChI is InChI=1S/C26H30N8O3/c35-26(21-2-1-3-24(32-21)34-16-29-30-17-34)31-18-4-6-20(7-5-18)37-23-15-19(33-10-12-36-13-11-33)14-22-25(23)28-9-8-27-22/h1-3,8-9,14-18,20,26,31,35H,4-7,10-13H2/t18-,20+,26?. The number of aliphatic hydroxyl groups excluding tert-OH is 1. The van der Waals surface area contributed by atoms with Gasteiger partial charge in [0.05, 0.1) is 30.5 Å². The molecule has 4 heterocycles. The van der Waals surface area contributed by atoms with E-state index >= 15 is 0 Å². The summed E-state index contributed by atoms with van der Waals surface area (Å²) in [5.41, 5.74) is 3.27. The molecule has 0 spiro atoms. The number of fused-ring (bicyclic) bond motifs is 1. The van der Waals surface area contributed by atoms with Gasteiger partial charge in [-0.15, -0.1) is 10.2 Å². The van der Waals surface area contributed by atoms with Gasteiger partial charge >= 0.3 is 0 Å². The maximum Gasteiger partial charge on any atom is 0.149 e. The minimum absolute atomic E-state index is 0.0792. The van der Waals surface area contributed by atoms with E-state index in [9.17, 15) is 5.11 Å². The van der Waals surface area contributed by atoms with Crippen molar-refractivity contribution in [2.45, 2.75) is 44.1 Å². The van der Waals surface area contributed by atoms with Crippen molar-refractivity contribution in [2.24, 2.45) is 0 Å². The molecule has 2 N–H and O–H groups in total. The summed E-state index contributed by atoms with van der Waals surface area (Å²) < 4.78 is 13.7. The van der Waals surface area contributed by atoms with Crippen LogP contribution in [-0.2, 0) is 4.74 Å². The summed E-state index contributed by atoms with van der Waals surface area (Å²) in [5.74, 6) is 1.44. The number of morpholine rings is 1. The number of hydrogen-bond acceptors (Lipinski definition) is 10. The Balaban J connectivity index is 1.09. The second-order valence-corrected chi connectivity index (χ2v) is 9.42. The summed E-state index contributed by atoms with van der Waals surface area (Å²) in [5, 5.41) is 21.8. The van der Waals surface area contributed by atoms with Crippen molar-refractivity contribution < 1.29 is 14.6 Å². The number of benzene rings is 1. The van der Waals surface area contributed by atoms with Crippen LogP contribution >= 0.6 is 0 Å². The number of pyridine rings is 1. The summed E-state index contributed by atoms with van der Waals surface area (Å²) >= 11 is 0. The van der Waals surface area contributed by atoms with Crippen LogP contribution in [0, 0.1) is 0 Å². The molecule has 3 aromatic heterocycles. The highest BCUT2D eigenvalue weighted by molar-refractivity contribution is 5.85. The van der Waals surface area contributed by atoms with Gasteiger partial charge in [-0.2, -0.15) is 0 Å². The summed E-state index contributed by atoms with van der Waals surface area (Å²) in [4.78, 5) is 15.9. The zero-order valence-corrected chi connectivity index (χ0v) is 20.5. The van der Waals surface area contributed by atoms with Gasteiger partial charge in [0.2, 0.25) is 0 Å². The van der Waals surface area contributed by atoms with Crippen LogP contribution in [-0.4, -0.2) is 73.3 Å². The molecule has 1 unspecified atom stereocenters. The molecule has 0 radical (unpaired) electrons. The number of rotatable bonds is 7. The minimum Gasteiger partial charge on any atom is -0.488 e. The smallest absolute Gasteiger partial charge is 0.149 e. The molecule has 1 saturated carbocycles. The van der Waals surface area contributed by atoms with E-state index < -0.39 is 6.23 Å². The maximum absolute atomic E-state index is 10.8. The Morgan fingerprint density at radius 1 is 1.00 bits per heavy atom. The molecule has 6 rings (SSSR count). The summed E-state index contributed by atoms with van der Waals surface area (Å²) in [6.45, 7) is 3.14. The van der Waals surface area contributed by atoms with E-state index in [0.717, 1.165) is 74.5 Å². The van der Waals surface area contributed by atoms with E-state index in [4.69, 9.17) is 9.47 Å². The quantitative estimate of drug-likeness (QED) is 0.364. The number of ether oxygens (including phenoxy) is 2. The second kappa shape index (κ2) is 10.8. The molecule has 1 aliphatic heterocycles. The molecule has 37 heavy (non-hydrogen) atoms. The number of anilines is 1. The first kappa shape index (κ1) is 23.7. The van der Waals surface area contributed by atoms with Crippen molar-refractivity contribution in [3.8, 4) is 11.6 Å². The normalized spacial score (nSPS) is 21.2. The van der Waals surface area contributed by atoms with Gasteiger partial charge in [0.25, 0.3) is 0 Å². The first-order valence-corrected chi connectivity index (χ1v) is 12.7. The Kier molecular flexibility index (Phi) is 6.89. The first-order valence-electron chi connectivity index (χ1n) is 12.7. The van der Waals surface area contributed by atoms with Gasteiger partial charge in [0, 0.05) is 43.3 Å². The largest absolute Gasteiger partial charge is 0.488 e. The lowest BCUT2D eigenvalue weighted by molar-refractivity contribution is 0.0866. The topological polar surface area (TPSA) is 123 Å². The zero-order valence-electron chi connectivity index (χ0n) is 20.5. The average molecular weight is 503 g/mol. The predicted molar refractivity (Wildman–Crippen MR) is 136 cm³/mol. The fourth-order valence-corrected chi connectivity index (χ4v) is 5.01. The second-order valence-electron chi connectivity index (χ2n) is 9.42. The number of nitrogens with one attached hydrogen (secondary N) is 1. The molecule has 11 nitrogen and oxygen atoms in total. The van der Waals surface area contributed by atoms with Crippen molar-refractivity contribution in [1.29, 1.82) is 0 Å². The van der Waals surface area contributed by atoms with E-state index in [2.05, 4.69) is 47.5 Å². The fourth-order valence-electron chi connectivity index (χ4n) is 5.01. The van der Waals surface area contributed by atoms with Crippen LogP contribution in [0.4, 0.5) is 5.69 Å². The van der Waals surface area contributed by atoms with Gasteiger partial charge in [0.1, 0.15) is 36.0 Å². The molecule has 1 saturated heterocycles. The Morgan fingerprint density at radius 3 is 2.59 bits per heavy atom. The average Bonchev–Trinajstić information content (AvgIpc) is 3.50. The number of nitrogens with zero attached hydrogens (tertiary/aromatic N) is 7. The van der Waals surface area contributed by atoms with Gasteiger partial charge in [-0.3, -0.25) is 14.9 Å². The summed E-state index contributed by atoms with van der Waals surface area (Å²) in [6.07, 6.45) is 9.34. The Labute approximate surface area is 214 Å². The molecule has 0 amide bonds. The molecule has 2 aliphatic rings. The minimum atomic E-state index is -0.858. The third kappa shape index (κ3) is 5.38. The Bertz CT molecular complexity index is 1320. The third-order valence-electron chi connectivity index (χ3n) is 6.98. The van der Waals surface area contributed by atoms with E-state index in [0.29, 0.717) is 11.5 Å². The van der Waals surface area contributed by atoms with Gasteiger partial charge in [0.15, 0.2) is 0 Å². The lowest BCUT2D eigenvalue weighted by Crippen LogP contribution is -2.38. The zero-order chi connectivity index (χ0) is 25.0. The molecular weight excluding hydrogens is 472 g/mol. The first-order chi connectivity index (χ1) is 18.2. The summed E-state index contributed by atoms with van der Waals surface area (Å²) in [7, 11) is 0. The van der Waals surface area contributed by atoms with Gasteiger partial charge < -0.3 is 19.5 Å². The molecule has 192 valence electrons. The van der Waals surface area contributed by atoms with Crippen LogP contribution < -0.4 is 15.0 Å². The van der Waals surface area contributed by atoms with Crippen molar-refractivity contribution in [2.75, 3.05) is 31.2 Å². The predicted octanol–water partition coefficient (Wildman–Crippen LogP) is 2.41. The van der Waals surface area contributed by atoms with E-state index in [1.165, 1.54) is 0 Å². The molecule has 1 aromatic carbocycles. The molecule has 2 fully saturated rings. The van der Waals surface area contributed by atoms with Crippen molar-refractivity contribution in [1.82, 2.24) is 35.0 Å². The lowest BCUT2D eigenvalue weighted by atomic mass is 9.92. The number of aromatic nitrogens is 6. The van der Waals surface area contributed by atoms with Gasteiger partial charge in [-0.1, -0.05) is 6.07 Å². The van der Waals surface area contributed by atoms with Crippen molar-refractivity contribution in [3.63, 3.8) is 0 Å². The molecular formula is C26H30N8O3. The Morgan fingerprint density at radius 2 is 1.78 bits per heavy atom. The van der Waals surface area contributed by atoms with E-state index in [-0.39, 0.29) is 12.1 Å². The highest BCUT2D eigenvalue weighted by Gasteiger charge is 2.26. The van der Waals surface area contributed by atoms with Crippen LogP contribution in [0.3, 0.4) is 0 Å². The van der Waals surface area contributed by atoms with Crippen LogP contribution in [0.2, 0.25) is 0 Å². The van der Waals surface area contributed by atoms with Crippen LogP contribution in [0.1, 0.15) is 37.6 Å². The van der Waals surface area contributed by atoms with Crippen LogP contribution in [0.5, 0.6) is 5.75 Å². The molecule has 11 heteroatoms. The number of aliphatic hydroxyl groups is 1. The molecule has 0 bridgehead atoms. The summed E-state index contributed by atoms with van der Waals surface area (Å²) in [6, 6.07) is 9.87. The maximum atomic E-state index is 10.8. The lowest BCUT2D eigenvalue weighted by Gasteiger charge is -2.32. The van der Waals surface area contributed by atoms with Crippen LogP contribution in [0.15, 0.2) is 55.4 Å². The SMILES string of the molecule is OC(N[C@H]1CC[C@@H](Oc2cc(N3CCOCC3)cc3nccnc23)CC1)c1cccc(-n2cnnc2)n1. The monoisotopic (exact) mass is 502 g/mol. The molecule has 1 aliphatic carbocycles. The van der Waals surface area contributed by atoms with E-state index in [1.54, 1.807) is 29.6 Å².